The van der Waals surface area contributed by atoms with Crippen molar-refractivity contribution in [3.05, 3.63) is 39.9 Å². The summed E-state index contributed by atoms with van der Waals surface area (Å²) in [6.45, 7) is 1.14. The summed E-state index contributed by atoms with van der Waals surface area (Å²) in [5.74, 6) is 0. The summed E-state index contributed by atoms with van der Waals surface area (Å²) in [4.78, 5) is 9.96. The molecule has 0 saturated carbocycles. The number of nitrogens with one attached hydrogen (secondary N) is 1. The van der Waals surface area contributed by atoms with Gasteiger partial charge in [-0.05, 0) is 30.7 Å². The normalized spacial score (nSPS) is 12.4. The predicted molar refractivity (Wildman–Crippen MR) is 62.6 cm³/mol. The van der Waals surface area contributed by atoms with Gasteiger partial charge in [0.1, 0.15) is 0 Å². The number of nitro groups is 1. The summed E-state index contributed by atoms with van der Waals surface area (Å²) in [5.41, 5.74) is 0.667. The van der Waals surface area contributed by atoms with E-state index in [9.17, 15) is 15.2 Å². The first kappa shape index (κ1) is 13.6. The van der Waals surface area contributed by atoms with Crippen molar-refractivity contribution >= 4 is 5.69 Å². The Kier molecular flexibility index (Phi) is 5.55. The second-order valence-electron chi connectivity index (χ2n) is 3.63. The van der Waals surface area contributed by atoms with E-state index in [-0.39, 0.29) is 12.3 Å². The highest BCUT2D eigenvalue weighted by Gasteiger charge is 2.09. The zero-order valence-electron chi connectivity index (χ0n) is 9.37. The van der Waals surface area contributed by atoms with Crippen LogP contribution in [0, 0.1) is 10.1 Å². The van der Waals surface area contributed by atoms with Crippen molar-refractivity contribution < 1.29 is 15.1 Å². The molecule has 3 N–H and O–H groups in total. The predicted octanol–water partition coefficient (Wildman–Crippen LogP) is 0.600. The fourth-order valence-electron chi connectivity index (χ4n) is 1.43. The molecule has 17 heavy (non-hydrogen) atoms. The number of non-ortho nitro benzene ring substituents is 1. The number of rotatable bonds is 7. The Hall–Kier alpha value is -1.50. The van der Waals surface area contributed by atoms with Gasteiger partial charge in [-0.15, -0.1) is 0 Å². The molecular weight excluding hydrogens is 224 g/mol. The Balaban J connectivity index is 2.46. The maximum absolute atomic E-state index is 10.4. The first-order valence-corrected chi connectivity index (χ1v) is 5.39. The van der Waals surface area contributed by atoms with Crippen molar-refractivity contribution in [3.63, 3.8) is 0 Å². The lowest BCUT2D eigenvalue weighted by atomic mass is 10.1. The SMILES string of the molecule is O=[N+]([O-])c1ccc(C(O)CCNCCO)cc1. The molecule has 0 amide bonds. The number of hydrogen-bond acceptors (Lipinski definition) is 5. The van der Waals surface area contributed by atoms with Gasteiger partial charge in [0, 0.05) is 18.7 Å². The van der Waals surface area contributed by atoms with Crippen molar-refractivity contribution in [1.29, 1.82) is 0 Å². The van der Waals surface area contributed by atoms with E-state index in [1.165, 1.54) is 12.1 Å². The van der Waals surface area contributed by atoms with Gasteiger partial charge in [0.15, 0.2) is 0 Å². The number of nitro benzene ring substituents is 1. The lowest BCUT2D eigenvalue weighted by Gasteiger charge is -2.10. The average Bonchev–Trinajstić information content (AvgIpc) is 2.34. The van der Waals surface area contributed by atoms with Crippen LogP contribution in [-0.4, -0.2) is 34.8 Å². The molecule has 1 unspecified atom stereocenters. The molecule has 0 saturated heterocycles. The summed E-state index contributed by atoms with van der Waals surface area (Å²) in [6, 6.07) is 5.85. The first-order chi connectivity index (χ1) is 8.15. The van der Waals surface area contributed by atoms with Crippen molar-refractivity contribution in [2.24, 2.45) is 0 Å². The van der Waals surface area contributed by atoms with E-state index in [4.69, 9.17) is 5.11 Å². The molecule has 0 aliphatic rings. The third kappa shape index (κ3) is 4.48. The maximum atomic E-state index is 10.4. The minimum atomic E-state index is -0.651. The average molecular weight is 240 g/mol. The van der Waals surface area contributed by atoms with Crippen LogP contribution in [0.4, 0.5) is 5.69 Å². The van der Waals surface area contributed by atoms with Gasteiger partial charge in [-0.2, -0.15) is 0 Å². The quantitative estimate of drug-likeness (QED) is 0.368. The molecule has 0 aliphatic carbocycles. The van der Waals surface area contributed by atoms with Crippen LogP contribution in [0.25, 0.3) is 0 Å². The van der Waals surface area contributed by atoms with Gasteiger partial charge in [-0.25, -0.2) is 0 Å². The van der Waals surface area contributed by atoms with Gasteiger partial charge in [-0.3, -0.25) is 10.1 Å². The van der Waals surface area contributed by atoms with Crippen LogP contribution < -0.4 is 5.32 Å². The van der Waals surface area contributed by atoms with Crippen molar-refractivity contribution in [3.8, 4) is 0 Å². The molecule has 0 bridgehead atoms. The highest BCUT2D eigenvalue weighted by molar-refractivity contribution is 5.33. The molecule has 1 aromatic carbocycles. The third-order valence-corrected chi connectivity index (χ3v) is 2.37. The summed E-state index contributed by atoms with van der Waals surface area (Å²) in [6.07, 6.45) is -0.153. The summed E-state index contributed by atoms with van der Waals surface area (Å²) < 4.78 is 0. The molecule has 0 heterocycles. The molecule has 1 atom stereocenters. The van der Waals surface area contributed by atoms with Crippen LogP contribution in [-0.2, 0) is 0 Å². The van der Waals surface area contributed by atoms with Crippen LogP contribution in [0.5, 0.6) is 0 Å². The fraction of sp³-hybridized carbons (Fsp3) is 0.455. The van der Waals surface area contributed by atoms with Gasteiger partial charge in [0.25, 0.3) is 5.69 Å². The molecule has 1 aromatic rings. The van der Waals surface area contributed by atoms with E-state index in [0.29, 0.717) is 25.1 Å². The van der Waals surface area contributed by atoms with Crippen molar-refractivity contribution in [1.82, 2.24) is 5.32 Å². The standard InChI is InChI=1S/C11H16N2O4/c14-8-7-12-6-5-11(15)9-1-3-10(4-2-9)13(16)17/h1-4,11-12,14-15H,5-8H2. The lowest BCUT2D eigenvalue weighted by Crippen LogP contribution is -2.21. The summed E-state index contributed by atoms with van der Waals surface area (Å²) in [7, 11) is 0. The maximum Gasteiger partial charge on any atom is 0.269 e. The molecule has 6 heteroatoms. The molecule has 0 radical (unpaired) electrons. The number of hydrogen-bond donors (Lipinski definition) is 3. The minimum Gasteiger partial charge on any atom is -0.395 e. The molecule has 0 aliphatic heterocycles. The first-order valence-electron chi connectivity index (χ1n) is 5.39. The molecule has 0 fully saturated rings. The molecule has 1 rings (SSSR count). The number of benzene rings is 1. The van der Waals surface area contributed by atoms with Gasteiger partial charge in [0.05, 0.1) is 17.6 Å². The van der Waals surface area contributed by atoms with Gasteiger partial charge in [-0.1, -0.05) is 0 Å². The minimum absolute atomic E-state index is 0.0133. The fourth-order valence-corrected chi connectivity index (χ4v) is 1.43. The zero-order valence-corrected chi connectivity index (χ0v) is 9.37. The van der Waals surface area contributed by atoms with E-state index in [1.807, 2.05) is 0 Å². The highest BCUT2D eigenvalue weighted by Crippen LogP contribution is 2.19. The summed E-state index contributed by atoms with van der Waals surface area (Å²) >= 11 is 0. The van der Waals surface area contributed by atoms with Crippen LogP contribution >= 0.6 is 0 Å². The number of aliphatic hydroxyl groups excluding tert-OH is 2. The van der Waals surface area contributed by atoms with E-state index in [0.717, 1.165) is 0 Å². The van der Waals surface area contributed by atoms with E-state index in [2.05, 4.69) is 5.32 Å². The number of nitrogens with zero attached hydrogens (tertiary/aromatic N) is 1. The van der Waals surface area contributed by atoms with Crippen LogP contribution in [0.2, 0.25) is 0 Å². The van der Waals surface area contributed by atoms with Crippen LogP contribution in [0.15, 0.2) is 24.3 Å². The van der Waals surface area contributed by atoms with E-state index in [1.54, 1.807) is 12.1 Å². The Morgan fingerprint density at radius 1 is 1.29 bits per heavy atom. The van der Waals surface area contributed by atoms with Crippen LogP contribution in [0.3, 0.4) is 0 Å². The monoisotopic (exact) mass is 240 g/mol. The molecule has 0 spiro atoms. The van der Waals surface area contributed by atoms with E-state index >= 15 is 0 Å². The van der Waals surface area contributed by atoms with Crippen LogP contribution in [0.1, 0.15) is 18.1 Å². The largest absolute Gasteiger partial charge is 0.395 e. The zero-order chi connectivity index (χ0) is 12.7. The highest BCUT2D eigenvalue weighted by atomic mass is 16.6. The molecule has 6 nitrogen and oxygen atoms in total. The van der Waals surface area contributed by atoms with Gasteiger partial charge < -0.3 is 15.5 Å². The second kappa shape index (κ2) is 6.95. The Morgan fingerprint density at radius 3 is 2.47 bits per heavy atom. The third-order valence-electron chi connectivity index (χ3n) is 2.37. The Morgan fingerprint density at radius 2 is 1.94 bits per heavy atom. The summed E-state index contributed by atoms with van der Waals surface area (Å²) in [5, 5.41) is 31.7. The number of aliphatic hydroxyl groups is 2. The van der Waals surface area contributed by atoms with E-state index < -0.39 is 11.0 Å². The van der Waals surface area contributed by atoms with Gasteiger partial charge in [0.2, 0.25) is 0 Å². The Bertz CT molecular complexity index is 353. The smallest absolute Gasteiger partial charge is 0.269 e. The molecule has 94 valence electrons. The lowest BCUT2D eigenvalue weighted by molar-refractivity contribution is -0.384. The Labute approximate surface area is 99.0 Å². The second-order valence-corrected chi connectivity index (χ2v) is 3.63. The topological polar surface area (TPSA) is 95.6 Å². The van der Waals surface area contributed by atoms with Gasteiger partial charge >= 0.3 is 0 Å². The molecule has 0 aromatic heterocycles. The van der Waals surface area contributed by atoms with Crippen molar-refractivity contribution in [2.75, 3.05) is 19.7 Å². The molecular formula is C11H16N2O4. The van der Waals surface area contributed by atoms with Crippen molar-refractivity contribution in [2.45, 2.75) is 12.5 Å².